The lowest BCUT2D eigenvalue weighted by Gasteiger charge is -2.12. The van der Waals surface area contributed by atoms with Crippen LogP contribution in [0.15, 0.2) is 47.4 Å². The van der Waals surface area contributed by atoms with Crippen molar-refractivity contribution < 1.29 is 22.3 Å². The maximum absolute atomic E-state index is 13.2. The molecule has 1 aromatic heterocycles. The van der Waals surface area contributed by atoms with Gasteiger partial charge in [0.25, 0.3) is 6.43 Å². The minimum absolute atomic E-state index is 0.00851. The first-order chi connectivity index (χ1) is 13.1. The van der Waals surface area contributed by atoms with Crippen LogP contribution < -0.4 is 5.14 Å². The topological polar surface area (TPSA) is 98.2 Å². The molecule has 1 heterocycles. The van der Waals surface area contributed by atoms with Gasteiger partial charge in [-0.05, 0) is 42.0 Å². The van der Waals surface area contributed by atoms with Crippen molar-refractivity contribution in [3.8, 4) is 16.9 Å². The van der Waals surface area contributed by atoms with E-state index in [0.29, 0.717) is 10.6 Å². The Bertz CT molecular complexity index is 1150. The first-order valence-electron chi connectivity index (χ1n) is 7.72. The van der Waals surface area contributed by atoms with Gasteiger partial charge in [-0.3, -0.25) is 0 Å². The number of hydrogen-bond donors (Lipinski definition) is 2. The second-order valence-corrected chi connectivity index (χ2v) is 8.14. The fraction of sp³-hybridized carbons (Fsp3) is 0.118. The number of hydrogen-bond acceptors (Lipinski definition) is 4. The molecule has 0 saturated heterocycles. The normalized spacial score (nSPS) is 12.0. The number of sulfonamides is 1. The van der Waals surface area contributed by atoms with Crippen LogP contribution in [0.4, 0.5) is 8.78 Å². The predicted molar refractivity (Wildman–Crippen MR) is 101 cm³/mol. The largest absolute Gasteiger partial charge is 0.392 e. The minimum atomic E-state index is -4.07. The van der Waals surface area contributed by atoms with E-state index in [-0.39, 0.29) is 26.9 Å². The molecule has 11 heteroatoms. The van der Waals surface area contributed by atoms with Crippen LogP contribution in [0.5, 0.6) is 0 Å². The molecule has 3 N–H and O–H groups in total. The fourth-order valence-corrected chi connectivity index (χ4v) is 3.71. The SMILES string of the molecule is NS(=O)(=O)c1ccc(-n2nc(C(F)F)cc2-c2ccc(Cl)c(Cl)c2)cc1CO. The van der Waals surface area contributed by atoms with Crippen molar-refractivity contribution in [3.63, 3.8) is 0 Å². The standard InChI is InChI=1S/C17H13Cl2F2N3O3S/c18-12-3-1-9(6-13(12)19)15-7-14(17(20)21)23-24(15)11-2-4-16(28(22,26)27)10(5-11)8-25/h1-7,17,25H,8H2,(H2,22,26,27). The van der Waals surface area contributed by atoms with E-state index >= 15 is 0 Å². The number of aliphatic hydroxyl groups is 1. The minimum Gasteiger partial charge on any atom is -0.392 e. The molecule has 0 unspecified atom stereocenters. The number of aliphatic hydroxyl groups excluding tert-OH is 1. The first-order valence-corrected chi connectivity index (χ1v) is 10.0. The predicted octanol–water partition coefficient (Wildman–Crippen LogP) is 3.92. The van der Waals surface area contributed by atoms with Gasteiger partial charge in [0.15, 0.2) is 0 Å². The molecule has 0 saturated carbocycles. The summed E-state index contributed by atoms with van der Waals surface area (Å²) in [6.45, 7) is -0.620. The summed E-state index contributed by atoms with van der Waals surface area (Å²) in [5.41, 5.74) is 0.525. The molecule has 3 rings (SSSR count). The average molecular weight is 448 g/mol. The summed E-state index contributed by atoms with van der Waals surface area (Å²) in [5, 5.41) is 19.1. The van der Waals surface area contributed by atoms with E-state index in [0.717, 1.165) is 0 Å². The van der Waals surface area contributed by atoms with E-state index in [1.54, 1.807) is 6.07 Å². The van der Waals surface area contributed by atoms with Crippen LogP contribution >= 0.6 is 23.2 Å². The van der Waals surface area contributed by atoms with Gasteiger partial charge >= 0.3 is 0 Å². The molecule has 0 aliphatic carbocycles. The van der Waals surface area contributed by atoms with Crippen molar-refractivity contribution in [2.24, 2.45) is 5.14 Å². The molecule has 2 aromatic carbocycles. The third kappa shape index (κ3) is 4.03. The highest BCUT2D eigenvalue weighted by molar-refractivity contribution is 7.89. The molecule has 3 aromatic rings. The fourth-order valence-electron chi connectivity index (χ4n) is 2.66. The van der Waals surface area contributed by atoms with Crippen molar-refractivity contribution in [1.29, 1.82) is 0 Å². The zero-order valence-corrected chi connectivity index (χ0v) is 16.3. The number of alkyl halides is 2. The smallest absolute Gasteiger partial charge is 0.282 e. The molecule has 0 aliphatic heterocycles. The van der Waals surface area contributed by atoms with E-state index in [9.17, 15) is 22.3 Å². The zero-order valence-electron chi connectivity index (χ0n) is 14.0. The molecule has 0 aliphatic rings. The van der Waals surface area contributed by atoms with Gasteiger partial charge in [0.1, 0.15) is 5.69 Å². The van der Waals surface area contributed by atoms with Gasteiger partial charge in [0.05, 0.1) is 32.9 Å². The van der Waals surface area contributed by atoms with Crippen molar-refractivity contribution in [2.45, 2.75) is 17.9 Å². The summed E-state index contributed by atoms with van der Waals surface area (Å²) >= 11 is 11.9. The third-order valence-corrected chi connectivity index (χ3v) is 5.68. The highest BCUT2D eigenvalue weighted by Gasteiger charge is 2.20. The number of nitrogens with two attached hydrogens (primary N) is 1. The zero-order chi connectivity index (χ0) is 20.6. The highest BCUT2D eigenvalue weighted by Crippen LogP contribution is 2.33. The van der Waals surface area contributed by atoms with Gasteiger partial charge in [0.2, 0.25) is 10.0 Å². The number of benzene rings is 2. The van der Waals surface area contributed by atoms with Crippen LogP contribution in [0, 0.1) is 0 Å². The summed E-state index contributed by atoms with van der Waals surface area (Å²) < 4.78 is 50.9. The summed E-state index contributed by atoms with van der Waals surface area (Å²) in [6.07, 6.45) is -2.83. The first kappa shape index (κ1) is 20.7. The van der Waals surface area contributed by atoms with E-state index < -0.39 is 28.7 Å². The Morgan fingerprint density at radius 1 is 1.11 bits per heavy atom. The third-order valence-electron chi connectivity index (χ3n) is 3.93. The Balaban J connectivity index is 2.22. The molecule has 28 heavy (non-hydrogen) atoms. The Hall–Kier alpha value is -2.04. The number of rotatable bonds is 5. The Kier molecular flexibility index (Phi) is 5.74. The lowest BCUT2D eigenvalue weighted by atomic mass is 10.1. The van der Waals surface area contributed by atoms with Gasteiger partial charge in [-0.25, -0.2) is 27.0 Å². The van der Waals surface area contributed by atoms with Crippen molar-refractivity contribution in [3.05, 3.63) is 63.8 Å². The van der Waals surface area contributed by atoms with Crippen LogP contribution in [0.3, 0.4) is 0 Å². The van der Waals surface area contributed by atoms with Crippen molar-refractivity contribution in [1.82, 2.24) is 9.78 Å². The molecule has 6 nitrogen and oxygen atoms in total. The number of nitrogens with zero attached hydrogens (tertiary/aromatic N) is 2. The van der Waals surface area contributed by atoms with Gasteiger partial charge < -0.3 is 5.11 Å². The van der Waals surface area contributed by atoms with E-state index in [2.05, 4.69) is 5.10 Å². The summed E-state index contributed by atoms with van der Waals surface area (Å²) in [5.74, 6) is 0. The monoisotopic (exact) mass is 447 g/mol. The lowest BCUT2D eigenvalue weighted by molar-refractivity contribution is 0.145. The van der Waals surface area contributed by atoms with Crippen LogP contribution in [0.1, 0.15) is 17.7 Å². The van der Waals surface area contributed by atoms with E-state index in [1.807, 2.05) is 0 Å². The van der Waals surface area contributed by atoms with Crippen molar-refractivity contribution >= 4 is 33.2 Å². The Labute approximate surface area is 169 Å². The maximum atomic E-state index is 13.2. The molecule has 0 atom stereocenters. The summed E-state index contributed by atoms with van der Waals surface area (Å²) in [7, 11) is -4.07. The van der Waals surface area contributed by atoms with Gasteiger partial charge in [-0.1, -0.05) is 29.3 Å². The second-order valence-electron chi connectivity index (χ2n) is 5.79. The molecule has 148 valence electrons. The molecule has 0 radical (unpaired) electrons. The van der Waals surface area contributed by atoms with E-state index in [4.69, 9.17) is 28.3 Å². The van der Waals surface area contributed by atoms with Gasteiger partial charge in [0, 0.05) is 5.56 Å². The van der Waals surface area contributed by atoms with Gasteiger partial charge in [-0.2, -0.15) is 5.10 Å². The van der Waals surface area contributed by atoms with Gasteiger partial charge in [-0.15, -0.1) is 0 Å². The van der Waals surface area contributed by atoms with Crippen LogP contribution in [0.2, 0.25) is 10.0 Å². The molecule has 0 spiro atoms. The molecular formula is C17H13Cl2F2N3O3S. The maximum Gasteiger partial charge on any atom is 0.282 e. The highest BCUT2D eigenvalue weighted by atomic mass is 35.5. The second kappa shape index (κ2) is 7.76. The Morgan fingerprint density at radius 3 is 2.39 bits per heavy atom. The molecule has 0 fully saturated rings. The van der Waals surface area contributed by atoms with Crippen molar-refractivity contribution in [2.75, 3.05) is 0 Å². The van der Waals surface area contributed by atoms with Crippen LogP contribution in [-0.4, -0.2) is 23.3 Å². The molecular weight excluding hydrogens is 435 g/mol. The summed E-state index contributed by atoms with van der Waals surface area (Å²) in [6, 6.07) is 9.63. The Morgan fingerprint density at radius 2 is 1.82 bits per heavy atom. The molecule has 0 bridgehead atoms. The van der Waals surface area contributed by atoms with Crippen LogP contribution in [0.25, 0.3) is 16.9 Å². The molecule has 0 amide bonds. The number of aromatic nitrogens is 2. The lowest BCUT2D eigenvalue weighted by Crippen LogP contribution is -2.15. The number of primary sulfonamides is 1. The quantitative estimate of drug-likeness (QED) is 0.618. The number of halogens is 4. The van der Waals surface area contributed by atoms with E-state index in [1.165, 1.54) is 41.1 Å². The van der Waals surface area contributed by atoms with Crippen LogP contribution in [-0.2, 0) is 16.6 Å². The average Bonchev–Trinajstić information content (AvgIpc) is 3.08. The summed E-state index contributed by atoms with van der Waals surface area (Å²) in [4.78, 5) is -0.268.